The Bertz CT molecular complexity index is 3450. The Morgan fingerprint density at radius 2 is 1.07 bits per heavy atom. The molecule has 4 aromatic heterocycles. The second kappa shape index (κ2) is 12.9. The van der Waals surface area contributed by atoms with Crippen LogP contribution in [0.25, 0.3) is 105 Å². The van der Waals surface area contributed by atoms with E-state index in [-0.39, 0.29) is 0 Å². The van der Waals surface area contributed by atoms with Gasteiger partial charge in [0, 0.05) is 43.6 Å². The van der Waals surface area contributed by atoms with Crippen LogP contribution in [0, 0.1) is 0 Å². The summed E-state index contributed by atoms with van der Waals surface area (Å²) < 4.78 is 10.7. The first-order valence-corrected chi connectivity index (χ1v) is 19.1. The van der Waals surface area contributed by atoms with Crippen molar-refractivity contribution in [3.8, 4) is 34.0 Å². The number of nitrogens with zero attached hydrogens (tertiary/aromatic N) is 4. The van der Waals surface area contributed by atoms with Gasteiger partial charge in [0.1, 0.15) is 11.2 Å². The van der Waals surface area contributed by atoms with Crippen molar-refractivity contribution < 1.29 is 4.42 Å². The van der Waals surface area contributed by atoms with Gasteiger partial charge in [0.2, 0.25) is 5.95 Å². The fourth-order valence-electron chi connectivity index (χ4n) is 8.48. The van der Waals surface area contributed by atoms with Crippen molar-refractivity contribution in [2.75, 3.05) is 0 Å². The predicted molar refractivity (Wildman–Crippen MR) is 237 cm³/mol. The largest absolute Gasteiger partial charge is 0.456 e. The van der Waals surface area contributed by atoms with Gasteiger partial charge in [-0.3, -0.25) is 4.57 Å². The molecule has 0 fully saturated rings. The van der Waals surface area contributed by atoms with Crippen LogP contribution in [0.3, 0.4) is 0 Å². The van der Waals surface area contributed by atoms with Crippen molar-refractivity contribution in [2.45, 2.75) is 0 Å². The lowest BCUT2D eigenvalue weighted by atomic mass is 10.0. The Labute approximate surface area is 328 Å². The lowest BCUT2D eigenvalue weighted by Gasteiger charge is -2.12. The predicted octanol–water partition coefficient (Wildman–Crippen LogP) is 13.7. The number of fused-ring (bicyclic) bond motifs is 9. The molecule has 5 heteroatoms. The van der Waals surface area contributed by atoms with Gasteiger partial charge < -0.3 is 8.98 Å². The highest BCUT2D eigenvalue weighted by atomic mass is 16.3. The number of benzene rings is 7. The minimum atomic E-state index is 0.595. The summed E-state index contributed by atoms with van der Waals surface area (Å²) in [5, 5.41) is 6.91. The Kier molecular flexibility index (Phi) is 7.41. The van der Waals surface area contributed by atoms with Crippen LogP contribution < -0.4 is 0 Å². The summed E-state index contributed by atoms with van der Waals surface area (Å²) in [5.41, 5.74) is 13.1. The van der Waals surface area contributed by atoms with E-state index in [1.807, 2.05) is 48.6 Å². The van der Waals surface area contributed by atoms with Gasteiger partial charge in [-0.15, -0.1) is 0 Å². The monoisotopic (exact) mass is 730 g/mol. The summed E-state index contributed by atoms with van der Waals surface area (Å²) in [7, 11) is 0. The van der Waals surface area contributed by atoms with Crippen LogP contribution in [0.5, 0.6) is 0 Å². The highest BCUT2D eigenvalue weighted by molar-refractivity contribution is 6.13. The molecule has 11 aromatic rings. The van der Waals surface area contributed by atoms with Gasteiger partial charge in [0.15, 0.2) is 0 Å². The van der Waals surface area contributed by atoms with Crippen LogP contribution in [0.2, 0.25) is 0 Å². The maximum absolute atomic E-state index is 6.17. The molecule has 5 nitrogen and oxygen atoms in total. The fraction of sp³-hybridized carbons (Fsp3) is 0. The first kappa shape index (κ1) is 32.7. The van der Waals surface area contributed by atoms with Crippen molar-refractivity contribution in [2.24, 2.45) is 0 Å². The number of allylic oxidation sites excluding steroid dienone is 4. The van der Waals surface area contributed by atoms with Crippen LogP contribution in [0.1, 0.15) is 5.69 Å². The van der Waals surface area contributed by atoms with Crippen molar-refractivity contribution in [3.05, 3.63) is 201 Å². The Morgan fingerprint density at radius 1 is 0.474 bits per heavy atom. The van der Waals surface area contributed by atoms with E-state index in [1.165, 1.54) is 10.8 Å². The molecule has 4 heterocycles. The van der Waals surface area contributed by atoms with E-state index in [1.54, 1.807) is 6.08 Å². The molecule has 0 saturated carbocycles. The van der Waals surface area contributed by atoms with E-state index in [4.69, 9.17) is 14.4 Å². The van der Waals surface area contributed by atoms with Gasteiger partial charge in [0.05, 0.1) is 33.5 Å². The topological polar surface area (TPSA) is 48.8 Å². The molecule has 0 unspecified atom stereocenters. The molecule has 0 aliphatic carbocycles. The van der Waals surface area contributed by atoms with E-state index < -0.39 is 0 Å². The normalized spacial score (nSPS) is 12.1. The van der Waals surface area contributed by atoms with Crippen LogP contribution in [-0.2, 0) is 0 Å². The molecule has 57 heavy (non-hydrogen) atoms. The summed E-state index contributed by atoms with van der Waals surface area (Å²) in [6.07, 6.45) is 5.51. The zero-order valence-electron chi connectivity index (χ0n) is 30.9. The van der Waals surface area contributed by atoms with E-state index in [0.29, 0.717) is 5.95 Å². The van der Waals surface area contributed by atoms with Gasteiger partial charge >= 0.3 is 0 Å². The summed E-state index contributed by atoms with van der Waals surface area (Å²) in [6.45, 7) is 8.00. The van der Waals surface area contributed by atoms with Gasteiger partial charge in [-0.1, -0.05) is 128 Å². The van der Waals surface area contributed by atoms with Crippen molar-refractivity contribution in [1.82, 2.24) is 19.1 Å². The van der Waals surface area contributed by atoms with Crippen LogP contribution >= 0.6 is 0 Å². The molecule has 0 aliphatic rings. The molecule has 0 spiro atoms. The average molecular weight is 731 g/mol. The third-order valence-corrected chi connectivity index (χ3v) is 11.1. The molecule has 0 N–H and O–H groups in total. The molecular formula is C52H34N4O. The van der Waals surface area contributed by atoms with E-state index in [0.717, 1.165) is 94.1 Å². The van der Waals surface area contributed by atoms with E-state index in [2.05, 4.69) is 150 Å². The van der Waals surface area contributed by atoms with E-state index >= 15 is 0 Å². The number of hydrogen-bond acceptors (Lipinski definition) is 3. The van der Waals surface area contributed by atoms with E-state index in [9.17, 15) is 0 Å². The number of para-hydroxylation sites is 3. The lowest BCUT2D eigenvalue weighted by molar-refractivity contribution is 0.669. The number of aromatic nitrogens is 4. The highest BCUT2D eigenvalue weighted by Gasteiger charge is 2.19. The van der Waals surface area contributed by atoms with Crippen molar-refractivity contribution in [1.29, 1.82) is 0 Å². The summed E-state index contributed by atoms with van der Waals surface area (Å²) in [4.78, 5) is 10.3. The molecule has 0 amide bonds. The van der Waals surface area contributed by atoms with Gasteiger partial charge in [-0.25, -0.2) is 9.97 Å². The third kappa shape index (κ3) is 5.17. The molecule has 0 bridgehead atoms. The quantitative estimate of drug-likeness (QED) is 0.153. The maximum Gasteiger partial charge on any atom is 0.235 e. The van der Waals surface area contributed by atoms with Crippen LogP contribution in [-0.4, -0.2) is 19.1 Å². The van der Waals surface area contributed by atoms with Gasteiger partial charge in [0.25, 0.3) is 0 Å². The SMILES string of the molecule is C=C/C=C(\C=C)c1cc(-c2ccccc2)nc(-n2c3ccccc3c3cc(-c4ccc5c(c4)c4ccccc4n5-c4ccc5oc6ccccc6c5c4)ccc32)n1. The number of furan rings is 1. The molecule has 0 saturated heterocycles. The molecule has 0 radical (unpaired) electrons. The zero-order chi connectivity index (χ0) is 38.0. The second-order valence-corrected chi connectivity index (χ2v) is 14.3. The molecule has 11 rings (SSSR count). The van der Waals surface area contributed by atoms with Gasteiger partial charge in [-0.05, 0) is 83.4 Å². The Morgan fingerprint density at radius 3 is 1.77 bits per heavy atom. The second-order valence-electron chi connectivity index (χ2n) is 14.3. The maximum atomic E-state index is 6.17. The molecule has 268 valence electrons. The minimum absolute atomic E-state index is 0.595. The molecule has 0 atom stereocenters. The smallest absolute Gasteiger partial charge is 0.235 e. The number of hydrogen-bond donors (Lipinski definition) is 0. The summed E-state index contributed by atoms with van der Waals surface area (Å²) >= 11 is 0. The Balaban J connectivity index is 1.08. The van der Waals surface area contributed by atoms with Crippen molar-refractivity contribution in [3.63, 3.8) is 0 Å². The summed E-state index contributed by atoms with van der Waals surface area (Å²) in [6, 6.07) is 57.7. The van der Waals surface area contributed by atoms with Crippen LogP contribution in [0.15, 0.2) is 200 Å². The lowest BCUT2D eigenvalue weighted by Crippen LogP contribution is -2.05. The standard InChI is InChI=1S/C52H34N4O/c1-3-14-33(4-2)44-32-45(34-15-6-5-7-16-34)54-52(53-44)56-47-21-12-9-18-39(47)42-30-36(24-27-49(42)56)35-23-26-48-41(29-35)38-17-8-11-20-46(38)55(48)37-25-28-51-43(31-37)40-19-10-13-22-50(40)57-51/h3-32H,1-2H2/b33-14+. The van der Waals surface area contributed by atoms with Crippen molar-refractivity contribution >= 4 is 71.1 Å². The first-order chi connectivity index (χ1) is 28.2. The minimum Gasteiger partial charge on any atom is -0.456 e. The van der Waals surface area contributed by atoms with Gasteiger partial charge in [-0.2, -0.15) is 0 Å². The highest BCUT2D eigenvalue weighted by Crippen LogP contribution is 2.39. The Hall–Kier alpha value is -7.76. The molecule has 7 aromatic carbocycles. The zero-order valence-corrected chi connectivity index (χ0v) is 30.9. The first-order valence-electron chi connectivity index (χ1n) is 19.1. The van der Waals surface area contributed by atoms with Crippen LogP contribution in [0.4, 0.5) is 0 Å². The number of rotatable bonds is 7. The third-order valence-electron chi connectivity index (χ3n) is 11.1. The molecule has 0 aliphatic heterocycles. The average Bonchev–Trinajstić information content (AvgIpc) is 3.92. The molecular weight excluding hydrogens is 697 g/mol. The summed E-state index contributed by atoms with van der Waals surface area (Å²) in [5.74, 6) is 0.595. The fourth-order valence-corrected chi connectivity index (χ4v) is 8.48.